The molecule has 8 heteroatoms. The van der Waals surface area contributed by atoms with Crippen LogP contribution in [0.3, 0.4) is 0 Å². The minimum absolute atomic E-state index is 0.173. The zero-order valence-electron chi connectivity index (χ0n) is 31.2. The summed E-state index contributed by atoms with van der Waals surface area (Å²) in [5.41, 5.74) is 5.46. The Morgan fingerprint density at radius 3 is 1.30 bits per heavy atom. The van der Waals surface area contributed by atoms with Gasteiger partial charge in [0.15, 0.2) is 5.82 Å². The summed E-state index contributed by atoms with van der Waals surface area (Å²) in [6, 6.07) is 61.3. The maximum Gasteiger partial charge on any atom is 0.244 e. The normalized spacial score (nSPS) is 11.5. The summed E-state index contributed by atoms with van der Waals surface area (Å²) in [5, 5.41) is 13.0. The lowest BCUT2D eigenvalue weighted by Crippen LogP contribution is -2.40. The summed E-state index contributed by atoms with van der Waals surface area (Å²) < 4.78 is 13.0. The van der Waals surface area contributed by atoms with Gasteiger partial charge in [-0.2, -0.15) is 4.98 Å². The molecule has 0 fully saturated rings. The van der Waals surface area contributed by atoms with Crippen molar-refractivity contribution in [2.24, 2.45) is 0 Å². The highest BCUT2D eigenvalue weighted by Gasteiger charge is 2.40. The molecule has 2 heterocycles. The van der Waals surface area contributed by atoms with Gasteiger partial charge in [-0.3, -0.25) is 0 Å². The summed E-state index contributed by atoms with van der Waals surface area (Å²) in [7, 11) is 3.33. The Hall–Kier alpha value is -7.19. The van der Waals surface area contributed by atoms with E-state index in [0.29, 0.717) is 17.3 Å². The molecule has 2 N–H and O–H groups in total. The Labute approximate surface area is 326 Å². The minimum atomic E-state index is -0.955. The van der Waals surface area contributed by atoms with E-state index in [2.05, 4.69) is 83.4 Å². The van der Waals surface area contributed by atoms with Crippen LogP contribution in [0.2, 0.25) is 0 Å². The molecule has 2 aromatic heterocycles. The highest BCUT2D eigenvalue weighted by atomic mass is 16.5. The van der Waals surface area contributed by atoms with E-state index in [0.717, 1.165) is 56.9 Å². The van der Waals surface area contributed by atoms with Crippen molar-refractivity contribution < 1.29 is 14.3 Å². The van der Waals surface area contributed by atoms with Crippen molar-refractivity contribution in [2.45, 2.75) is 17.5 Å². The number of benzene rings is 6. The maximum atomic E-state index is 12.0. The highest BCUT2D eigenvalue weighted by Crippen LogP contribution is 2.43. The van der Waals surface area contributed by atoms with Crippen LogP contribution >= 0.6 is 0 Å². The summed E-state index contributed by atoms with van der Waals surface area (Å²) in [5.74, 6) is 2.40. The van der Waals surface area contributed by atoms with Gasteiger partial charge in [0.1, 0.15) is 34.4 Å². The molecule has 0 aliphatic heterocycles. The number of fused-ring (bicyclic) bond motifs is 1. The minimum Gasteiger partial charge on any atom is -0.497 e. The third-order valence-electron chi connectivity index (χ3n) is 10.4. The Morgan fingerprint density at radius 2 is 0.911 bits per heavy atom. The fourth-order valence-corrected chi connectivity index (χ4v) is 7.65. The second-order valence-corrected chi connectivity index (χ2v) is 13.4. The van der Waals surface area contributed by atoms with Crippen LogP contribution in [0, 0.1) is 0 Å². The summed E-state index contributed by atoms with van der Waals surface area (Å²) in [6.07, 6.45) is 1.07. The molecule has 8 nitrogen and oxygen atoms in total. The first kappa shape index (κ1) is 35.8. The summed E-state index contributed by atoms with van der Waals surface area (Å²) in [6.45, 7) is 0. The molecule has 0 amide bonds. The average molecular weight is 736 g/mol. The van der Waals surface area contributed by atoms with Crippen molar-refractivity contribution in [3.05, 3.63) is 221 Å². The molecule has 8 aromatic rings. The fourth-order valence-electron chi connectivity index (χ4n) is 7.65. The van der Waals surface area contributed by atoms with Gasteiger partial charge in [0, 0.05) is 6.42 Å². The van der Waals surface area contributed by atoms with E-state index >= 15 is 0 Å². The van der Waals surface area contributed by atoms with Gasteiger partial charge in [0.25, 0.3) is 0 Å². The molecule has 0 unspecified atom stereocenters. The molecule has 0 aliphatic rings. The molecule has 0 radical (unpaired) electrons. The molecule has 276 valence electrons. The first-order valence-corrected chi connectivity index (χ1v) is 18.5. The van der Waals surface area contributed by atoms with Gasteiger partial charge in [-0.15, -0.1) is 5.10 Å². The van der Waals surface area contributed by atoms with E-state index in [1.165, 1.54) is 0 Å². The molecule has 0 bridgehead atoms. The number of carbonyl (C=O) groups excluding carboxylic acids is 1. The van der Waals surface area contributed by atoms with Gasteiger partial charge in [-0.1, -0.05) is 146 Å². The summed E-state index contributed by atoms with van der Waals surface area (Å²) in [4.78, 5) is 17.4. The lowest BCUT2D eigenvalue weighted by Gasteiger charge is -2.38. The molecule has 0 saturated heterocycles. The zero-order chi connectivity index (χ0) is 38.4. The average Bonchev–Trinajstić information content (AvgIpc) is 3.68. The molecular weight excluding hydrogens is 695 g/mol. The second-order valence-electron chi connectivity index (χ2n) is 13.4. The number of carbonyl (C=O) groups is 1. The van der Waals surface area contributed by atoms with Crippen LogP contribution in [-0.4, -0.2) is 35.1 Å². The number of nitrogens with zero attached hydrogens (tertiary/aromatic N) is 3. The van der Waals surface area contributed by atoms with Crippen LogP contribution in [0.15, 0.2) is 182 Å². The molecule has 0 saturated carbocycles. The van der Waals surface area contributed by atoms with E-state index in [1.807, 2.05) is 114 Å². The summed E-state index contributed by atoms with van der Waals surface area (Å²) >= 11 is 0. The van der Waals surface area contributed by atoms with E-state index in [4.69, 9.17) is 19.6 Å². The smallest absolute Gasteiger partial charge is 0.244 e. The van der Waals surface area contributed by atoms with Gasteiger partial charge in [-0.25, -0.2) is 4.52 Å². The van der Waals surface area contributed by atoms with Crippen LogP contribution in [0.4, 0.5) is 11.8 Å². The SMILES string of the molecule is COc1ccc(C(Nc2nc(NC(c3ccccc3)(c3ccccc3)c3ccc(OC)cc3)c3ccc(CC=O)n3n2)(c2ccccc2)c2ccccc2)cc1. The van der Waals surface area contributed by atoms with E-state index in [1.54, 1.807) is 14.2 Å². The third kappa shape index (κ3) is 6.51. The molecule has 0 atom stereocenters. The molecule has 56 heavy (non-hydrogen) atoms. The van der Waals surface area contributed by atoms with Crippen LogP contribution in [0.1, 0.15) is 39.1 Å². The van der Waals surface area contributed by atoms with Crippen LogP contribution in [0.25, 0.3) is 5.52 Å². The molecule has 0 spiro atoms. The first-order valence-electron chi connectivity index (χ1n) is 18.5. The van der Waals surface area contributed by atoms with Crippen molar-refractivity contribution in [3.8, 4) is 11.5 Å². The molecule has 8 rings (SSSR count). The van der Waals surface area contributed by atoms with Crippen molar-refractivity contribution in [3.63, 3.8) is 0 Å². The number of rotatable bonds is 14. The quantitative estimate of drug-likeness (QED) is 0.0850. The number of anilines is 2. The Balaban J connectivity index is 1.40. The Kier molecular flexibility index (Phi) is 10.0. The second kappa shape index (κ2) is 15.7. The van der Waals surface area contributed by atoms with Crippen LogP contribution in [0.5, 0.6) is 11.5 Å². The maximum absolute atomic E-state index is 12.0. The third-order valence-corrected chi connectivity index (χ3v) is 10.4. The highest BCUT2D eigenvalue weighted by molar-refractivity contribution is 5.75. The molecule has 6 aromatic carbocycles. The number of hydrogen-bond donors (Lipinski definition) is 2. The zero-order valence-corrected chi connectivity index (χ0v) is 31.2. The molecular formula is C48H41N5O3. The predicted molar refractivity (Wildman–Crippen MR) is 222 cm³/mol. The monoisotopic (exact) mass is 735 g/mol. The number of ether oxygens (including phenoxy) is 2. The predicted octanol–water partition coefficient (Wildman–Crippen LogP) is 9.30. The molecule has 0 aliphatic carbocycles. The van der Waals surface area contributed by atoms with Gasteiger partial charge < -0.3 is 24.9 Å². The first-order chi connectivity index (χ1) is 27.6. The number of nitrogens with one attached hydrogen (secondary N) is 2. The largest absolute Gasteiger partial charge is 0.497 e. The van der Waals surface area contributed by atoms with Gasteiger partial charge in [0.2, 0.25) is 5.95 Å². The Morgan fingerprint density at radius 1 is 0.518 bits per heavy atom. The lowest BCUT2D eigenvalue weighted by atomic mass is 9.77. The van der Waals surface area contributed by atoms with Gasteiger partial charge in [0.05, 0.1) is 19.9 Å². The fraction of sp³-hybridized carbons (Fsp3) is 0.104. The topological polar surface area (TPSA) is 89.8 Å². The lowest BCUT2D eigenvalue weighted by molar-refractivity contribution is -0.107. The number of hydrogen-bond acceptors (Lipinski definition) is 7. The number of aromatic nitrogens is 3. The van der Waals surface area contributed by atoms with Crippen molar-refractivity contribution in [1.82, 2.24) is 14.6 Å². The van der Waals surface area contributed by atoms with Crippen LogP contribution < -0.4 is 20.1 Å². The number of methoxy groups -OCH3 is 2. The van der Waals surface area contributed by atoms with Crippen LogP contribution in [-0.2, 0) is 22.3 Å². The number of aldehydes is 1. The van der Waals surface area contributed by atoms with Gasteiger partial charge >= 0.3 is 0 Å². The Bertz CT molecular complexity index is 2450. The van der Waals surface area contributed by atoms with Crippen molar-refractivity contribution in [1.29, 1.82) is 0 Å². The van der Waals surface area contributed by atoms with E-state index in [9.17, 15) is 4.79 Å². The standard InChI is InChI=1S/C48H41N5O3/c1-55-42-28-23-39(24-29-42)47(35-15-7-3-8-16-35,36-17-9-4-10-18-36)50-45-44-32-27-41(33-34-54)53(44)52-46(49-45)51-48(37-19-11-5-12-20-37,38-21-13-6-14-22-38)40-25-30-43(56-2)31-26-40/h3-32,34H,33H2,1-2H3,(H2,49,50,51,52). The van der Waals surface area contributed by atoms with Crippen molar-refractivity contribution in [2.75, 3.05) is 24.9 Å². The van der Waals surface area contributed by atoms with E-state index < -0.39 is 11.1 Å². The van der Waals surface area contributed by atoms with Gasteiger partial charge in [-0.05, 0) is 69.8 Å². The van der Waals surface area contributed by atoms with E-state index in [-0.39, 0.29) is 6.42 Å². The van der Waals surface area contributed by atoms with Crippen molar-refractivity contribution >= 4 is 23.6 Å².